The normalized spacial score (nSPS) is 15.6. The second kappa shape index (κ2) is 7.17. The molecule has 1 amide bonds. The van der Waals surface area contributed by atoms with E-state index in [2.05, 4.69) is 28.8 Å². The molecule has 0 fully saturated rings. The van der Waals surface area contributed by atoms with Gasteiger partial charge in [-0.3, -0.25) is 4.79 Å². The maximum absolute atomic E-state index is 12.6. The molecule has 3 rings (SSSR count). The Balaban J connectivity index is 1.84. The van der Waals surface area contributed by atoms with E-state index in [9.17, 15) is 4.79 Å². The molecule has 0 saturated carbocycles. The number of benzene rings is 2. The molecule has 1 heterocycles. The molecule has 0 saturated heterocycles. The van der Waals surface area contributed by atoms with Crippen molar-refractivity contribution in [2.75, 3.05) is 23.0 Å². The number of para-hydroxylation sites is 1. The number of carbonyl (C=O) groups is 1. The maximum atomic E-state index is 12.6. The number of amidine groups is 1. The molecule has 0 bridgehead atoms. The van der Waals surface area contributed by atoms with Crippen LogP contribution >= 0.6 is 0 Å². The zero-order chi connectivity index (χ0) is 17.8. The number of nitrogens with two attached hydrogens (primary N) is 1. The van der Waals surface area contributed by atoms with Gasteiger partial charge in [0, 0.05) is 18.8 Å². The van der Waals surface area contributed by atoms with E-state index in [4.69, 9.17) is 5.73 Å². The van der Waals surface area contributed by atoms with Crippen molar-refractivity contribution < 1.29 is 4.79 Å². The second-order valence-corrected chi connectivity index (χ2v) is 5.59. The smallest absolute Gasteiger partial charge is 0.301 e. The molecular formula is C19H21N5O. The quantitative estimate of drug-likeness (QED) is 0.913. The predicted molar refractivity (Wildman–Crippen MR) is 103 cm³/mol. The molecule has 1 aliphatic rings. The van der Waals surface area contributed by atoms with E-state index in [0.717, 1.165) is 18.8 Å². The van der Waals surface area contributed by atoms with Crippen LogP contribution in [0.3, 0.4) is 0 Å². The topological polar surface area (TPSA) is 74.3 Å². The molecular weight excluding hydrogens is 314 g/mol. The first-order chi connectivity index (χ1) is 12.1. The molecule has 0 spiro atoms. The summed E-state index contributed by atoms with van der Waals surface area (Å²) in [6, 6.07) is 16.9. The number of hydrazone groups is 1. The molecule has 2 N–H and O–H groups in total. The van der Waals surface area contributed by atoms with Crippen molar-refractivity contribution in [3.63, 3.8) is 0 Å². The number of carbonyl (C=O) groups excluding carboxylic acids is 1. The van der Waals surface area contributed by atoms with Gasteiger partial charge in [-0.25, -0.2) is 4.99 Å². The van der Waals surface area contributed by atoms with Crippen molar-refractivity contribution in [2.45, 2.75) is 13.8 Å². The molecule has 1 aliphatic heterocycles. The maximum Gasteiger partial charge on any atom is 0.301 e. The van der Waals surface area contributed by atoms with Crippen LogP contribution in [0, 0.1) is 0 Å². The van der Waals surface area contributed by atoms with Gasteiger partial charge in [-0.15, -0.1) is 5.10 Å². The lowest BCUT2D eigenvalue weighted by atomic mass is 10.2. The lowest BCUT2D eigenvalue weighted by Crippen LogP contribution is -2.30. The van der Waals surface area contributed by atoms with E-state index in [1.807, 2.05) is 42.5 Å². The lowest BCUT2D eigenvalue weighted by Gasteiger charge is -2.20. The summed E-state index contributed by atoms with van der Waals surface area (Å²) >= 11 is 0. The van der Waals surface area contributed by atoms with Crippen molar-refractivity contribution in [2.24, 2.45) is 15.8 Å². The minimum Gasteiger partial charge on any atom is -0.380 e. The zero-order valence-electron chi connectivity index (χ0n) is 14.4. The Hall–Kier alpha value is -3.15. The van der Waals surface area contributed by atoms with Crippen molar-refractivity contribution >= 4 is 34.5 Å². The number of hydrogen-bond donors (Lipinski definition) is 1. The van der Waals surface area contributed by atoms with Crippen LogP contribution in [0.15, 0.2) is 64.7 Å². The molecule has 2 aromatic rings. The van der Waals surface area contributed by atoms with Gasteiger partial charge in [0.2, 0.25) is 0 Å². The van der Waals surface area contributed by atoms with Crippen LogP contribution in [0.1, 0.15) is 13.8 Å². The number of anilines is 2. The standard InChI is InChI=1S/C19H21N5O/c1-3-23(4-2)15-12-10-14(11-13-15)21-17-18(20)22-24(19(17)25)16-8-6-5-7-9-16/h5-13H,3-4H2,1-2H3,(H2,20,22). The molecule has 0 aromatic heterocycles. The number of hydrogen-bond acceptors (Lipinski definition) is 5. The Labute approximate surface area is 147 Å². The van der Waals surface area contributed by atoms with E-state index in [-0.39, 0.29) is 17.5 Å². The Morgan fingerprint density at radius 3 is 2.28 bits per heavy atom. The summed E-state index contributed by atoms with van der Waals surface area (Å²) in [5, 5.41) is 5.41. The Bertz CT molecular complexity index is 807. The van der Waals surface area contributed by atoms with Gasteiger partial charge in [0.1, 0.15) is 0 Å². The Morgan fingerprint density at radius 2 is 1.68 bits per heavy atom. The molecule has 6 nitrogen and oxygen atoms in total. The van der Waals surface area contributed by atoms with Crippen LogP contribution in [-0.2, 0) is 4.79 Å². The molecule has 2 aromatic carbocycles. The van der Waals surface area contributed by atoms with Gasteiger partial charge in [-0.05, 0) is 50.2 Å². The van der Waals surface area contributed by atoms with Crippen LogP contribution < -0.4 is 15.6 Å². The largest absolute Gasteiger partial charge is 0.380 e. The van der Waals surface area contributed by atoms with Crippen molar-refractivity contribution in [3.8, 4) is 0 Å². The first-order valence-electron chi connectivity index (χ1n) is 8.31. The molecule has 128 valence electrons. The summed E-state index contributed by atoms with van der Waals surface area (Å²) < 4.78 is 0. The summed E-state index contributed by atoms with van der Waals surface area (Å²) in [6.45, 7) is 6.11. The molecule has 0 aliphatic carbocycles. The zero-order valence-corrected chi connectivity index (χ0v) is 14.4. The average Bonchev–Trinajstić information content (AvgIpc) is 2.93. The van der Waals surface area contributed by atoms with Gasteiger partial charge in [0.05, 0.1) is 11.4 Å². The van der Waals surface area contributed by atoms with Crippen LogP contribution in [0.5, 0.6) is 0 Å². The van der Waals surface area contributed by atoms with E-state index < -0.39 is 0 Å². The molecule has 25 heavy (non-hydrogen) atoms. The molecule has 0 unspecified atom stereocenters. The lowest BCUT2D eigenvalue weighted by molar-refractivity contribution is -0.112. The van der Waals surface area contributed by atoms with Gasteiger partial charge in [0.15, 0.2) is 11.5 Å². The SMILES string of the molecule is CCN(CC)c1ccc(N=C2C(=O)N(c3ccccc3)N=C2N)cc1. The molecule has 6 heteroatoms. The summed E-state index contributed by atoms with van der Waals surface area (Å²) in [6.07, 6.45) is 0. The number of amides is 1. The van der Waals surface area contributed by atoms with Crippen molar-refractivity contribution in [3.05, 3.63) is 54.6 Å². The summed E-state index contributed by atoms with van der Waals surface area (Å²) in [5.41, 5.74) is 8.54. The van der Waals surface area contributed by atoms with E-state index in [1.165, 1.54) is 5.01 Å². The van der Waals surface area contributed by atoms with Gasteiger partial charge in [-0.2, -0.15) is 5.01 Å². The first kappa shape index (κ1) is 16.7. The average molecular weight is 335 g/mol. The highest BCUT2D eigenvalue weighted by Gasteiger charge is 2.31. The summed E-state index contributed by atoms with van der Waals surface area (Å²) in [5.74, 6) is -0.196. The minimum absolute atomic E-state index is 0.127. The van der Waals surface area contributed by atoms with Gasteiger partial charge >= 0.3 is 5.91 Å². The predicted octanol–water partition coefficient (Wildman–Crippen LogP) is 2.92. The Kier molecular flexibility index (Phi) is 4.79. The van der Waals surface area contributed by atoms with Gasteiger partial charge in [-0.1, -0.05) is 18.2 Å². The first-order valence-corrected chi connectivity index (χ1v) is 8.31. The highest BCUT2D eigenvalue weighted by atomic mass is 16.2. The summed E-state index contributed by atoms with van der Waals surface area (Å²) in [7, 11) is 0. The number of rotatable bonds is 5. The van der Waals surface area contributed by atoms with Gasteiger partial charge in [0.25, 0.3) is 0 Å². The number of aliphatic imine (C=N–C) groups is 1. The molecule has 0 radical (unpaired) electrons. The second-order valence-electron chi connectivity index (χ2n) is 5.59. The fourth-order valence-electron chi connectivity index (χ4n) is 2.72. The third kappa shape index (κ3) is 3.38. The van der Waals surface area contributed by atoms with Crippen LogP contribution in [0.4, 0.5) is 17.1 Å². The van der Waals surface area contributed by atoms with Crippen molar-refractivity contribution in [1.82, 2.24) is 0 Å². The monoisotopic (exact) mass is 335 g/mol. The van der Waals surface area contributed by atoms with Crippen LogP contribution in [0.25, 0.3) is 0 Å². The van der Waals surface area contributed by atoms with Crippen molar-refractivity contribution in [1.29, 1.82) is 0 Å². The fraction of sp³-hybridized carbons (Fsp3) is 0.211. The Morgan fingerprint density at radius 1 is 1.04 bits per heavy atom. The van der Waals surface area contributed by atoms with Crippen LogP contribution in [0.2, 0.25) is 0 Å². The highest BCUT2D eigenvalue weighted by Crippen LogP contribution is 2.22. The minimum atomic E-state index is -0.323. The molecule has 0 atom stereocenters. The third-order valence-electron chi connectivity index (χ3n) is 4.07. The van der Waals surface area contributed by atoms with Gasteiger partial charge < -0.3 is 10.6 Å². The van der Waals surface area contributed by atoms with Crippen LogP contribution in [-0.4, -0.2) is 30.5 Å². The van der Waals surface area contributed by atoms with E-state index >= 15 is 0 Å². The third-order valence-corrected chi connectivity index (χ3v) is 4.07. The highest BCUT2D eigenvalue weighted by molar-refractivity contribution is 6.71. The summed E-state index contributed by atoms with van der Waals surface area (Å²) in [4.78, 5) is 19.2. The number of nitrogens with zero attached hydrogens (tertiary/aromatic N) is 4. The fourth-order valence-corrected chi connectivity index (χ4v) is 2.72. The van der Waals surface area contributed by atoms with E-state index in [0.29, 0.717) is 11.4 Å². The van der Waals surface area contributed by atoms with E-state index in [1.54, 1.807) is 12.1 Å².